The highest BCUT2D eigenvalue weighted by Crippen LogP contribution is 2.66. The smallest absolute Gasteiger partial charge is 0.390 e. The van der Waals surface area contributed by atoms with Gasteiger partial charge in [-0.25, -0.2) is 0 Å². The van der Waals surface area contributed by atoms with Gasteiger partial charge in [0, 0.05) is 0 Å². The summed E-state index contributed by atoms with van der Waals surface area (Å²) in [4.78, 5) is 0. The fraction of sp³-hybridized carbons (Fsp3) is 1.00. The van der Waals surface area contributed by atoms with Crippen LogP contribution >= 0.6 is 0 Å². The van der Waals surface area contributed by atoms with Crippen molar-refractivity contribution in [3.8, 4) is 0 Å². The van der Waals surface area contributed by atoms with E-state index < -0.39 is 17.4 Å². The number of hydrogen-bond acceptors (Lipinski definition) is 2. The van der Waals surface area contributed by atoms with Crippen molar-refractivity contribution < 1.29 is 23.4 Å². The van der Waals surface area contributed by atoms with Crippen LogP contribution in [0.1, 0.15) is 113 Å². The van der Waals surface area contributed by atoms with Gasteiger partial charge in [0.2, 0.25) is 0 Å². The average Bonchev–Trinajstić information content (AvgIpc) is 2.70. The Kier molecular flexibility index (Phi) is 7.43. The Morgan fingerprint density at radius 1 is 1.00 bits per heavy atom. The number of hydrogen-bond donors (Lipinski definition) is 2. The van der Waals surface area contributed by atoms with E-state index in [0.717, 1.165) is 39.0 Å². The van der Waals surface area contributed by atoms with Crippen molar-refractivity contribution in [2.75, 3.05) is 0 Å². The van der Waals surface area contributed by atoms with Gasteiger partial charge < -0.3 is 10.2 Å². The third-order valence-electron chi connectivity index (χ3n) is 11.4. The standard InChI is InChI=1S/C28H49F3O2/c1-8-22-21-10-9-20-17-24(4,32)15-16-26(20,6)23(21)12-13-25(22,5)19(3)18(2)11-14-27(7,33)28(29,30)31/h18-23,32-33H,8-17H2,1-7H3/t18-,19-,20+,21+,22+,23+,24+,25-,26+,27-/m1/s1. The molecule has 3 fully saturated rings. The molecule has 0 bridgehead atoms. The summed E-state index contributed by atoms with van der Waals surface area (Å²) in [6, 6.07) is 0. The van der Waals surface area contributed by atoms with Gasteiger partial charge in [-0.05, 0) is 118 Å². The van der Waals surface area contributed by atoms with Crippen molar-refractivity contribution in [3.63, 3.8) is 0 Å². The first kappa shape index (κ1) is 27.3. The number of halogens is 3. The number of aliphatic hydroxyl groups is 2. The molecule has 0 radical (unpaired) electrons. The van der Waals surface area contributed by atoms with Crippen molar-refractivity contribution in [1.29, 1.82) is 0 Å². The normalized spacial score (nSPS) is 45.5. The van der Waals surface area contributed by atoms with Crippen molar-refractivity contribution in [2.24, 2.45) is 46.3 Å². The molecule has 3 rings (SSSR count). The first-order valence-electron chi connectivity index (χ1n) is 13.5. The molecular formula is C28H49F3O2. The van der Waals surface area contributed by atoms with Crippen LogP contribution in [0.2, 0.25) is 0 Å². The molecule has 3 saturated carbocycles. The summed E-state index contributed by atoms with van der Waals surface area (Å²) in [5.41, 5.74) is -2.71. The van der Waals surface area contributed by atoms with Gasteiger partial charge in [-0.2, -0.15) is 13.2 Å². The van der Waals surface area contributed by atoms with E-state index >= 15 is 0 Å². The summed E-state index contributed by atoms with van der Waals surface area (Å²) in [5.74, 6) is 2.99. The van der Waals surface area contributed by atoms with E-state index in [-0.39, 0.29) is 17.8 Å². The largest absolute Gasteiger partial charge is 0.416 e. The molecule has 0 amide bonds. The Morgan fingerprint density at radius 3 is 2.21 bits per heavy atom. The molecule has 0 spiro atoms. The van der Waals surface area contributed by atoms with E-state index in [1.54, 1.807) is 0 Å². The fourth-order valence-electron chi connectivity index (χ4n) is 8.66. The Bertz CT molecular complexity index is 687. The maximum Gasteiger partial charge on any atom is 0.416 e. The number of fused-ring (bicyclic) bond motifs is 3. The van der Waals surface area contributed by atoms with Crippen molar-refractivity contribution >= 4 is 0 Å². The lowest BCUT2D eigenvalue weighted by Crippen LogP contribution is -2.56. The van der Waals surface area contributed by atoms with Crippen LogP contribution in [-0.4, -0.2) is 27.6 Å². The molecule has 194 valence electrons. The van der Waals surface area contributed by atoms with Crippen LogP contribution in [0.5, 0.6) is 0 Å². The minimum Gasteiger partial charge on any atom is -0.390 e. The van der Waals surface area contributed by atoms with Gasteiger partial charge in [0.25, 0.3) is 0 Å². The van der Waals surface area contributed by atoms with Gasteiger partial charge in [-0.15, -0.1) is 0 Å². The minimum atomic E-state index is -4.58. The van der Waals surface area contributed by atoms with Gasteiger partial charge in [-0.1, -0.05) is 41.0 Å². The molecule has 0 unspecified atom stereocenters. The zero-order valence-electron chi connectivity index (χ0n) is 22.1. The Labute approximate surface area is 200 Å². The molecule has 0 heterocycles. The molecule has 5 heteroatoms. The lowest BCUT2D eigenvalue weighted by molar-refractivity contribution is -0.256. The van der Waals surface area contributed by atoms with Crippen LogP contribution in [0.3, 0.4) is 0 Å². The lowest BCUT2D eigenvalue weighted by atomic mass is 9.42. The zero-order chi connectivity index (χ0) is 25.0. The highest BCUT2D eigenvalue weighted by Gasteiger charge is 2.59. The van der Waals surface area contributed by atoms with Crippen LogP contribution in [0.25, 0.3) is 0 Å². The number of rotatable bonds is 6. The second-order valence-electron chi connectivity index (χ2n) is 13.4. The first-order valence-corrected chi connectivity index (χ1v) is 13.5. The topological polar surface area (TPSA) is 40.5 Å². The first-order chi connectivity index (χ1) is 15.0. The van der Waals surface area contributed by atoms with Gasteiger partial charge >= 0.3 is 6.18 Å². The third-order valence-corrected chi connectivity index (χ3v) is 11.4. The second-order valence-corrected chi connectivity index (χ2v) is 13.4. The van der Waals surface area contributed by atoms with Crippen molar-refractivity contribution in [1.82, 2.24) is 0 Å². The summed E-state index contributed by atoms with van der Waals surface area (Å²) in [5, 5.41) is 20.6. The second kappa shape index (κ2) is 8.98. The summed E-state index contributed by atoms with van der Waals surface area (Å²) in [6.07, 6.45) is 4.36. The molecule has 0 aromatic heterocycles. The fourth-order valence-corrected chi connectivity index (χ4v) is 8.66. The molecule has 2 N–H and O–H groups in total. The molecule has 0 aliphatic heterocycles. The van der Waals surface area contributed by atoms with Crippen molar-refractivity contribution in [3.05, 3.63) is 0 Å². The monoisotopic (exact) mass is 474 g/mol. The van der Waals surface area contributed by atoms with E-state index in [1.165, 1.54) is 19.3 Å². The van der Waals surface area contributed by atoms with E-state index in [1.807, 2.05) is 6.92 Å². The van der Waals surface area contributed by atoms with Crippen LogP contribution in [0.15, 0.2) is 0 Å². The summed E-state index contributed by atoms with van der Waals surface area (Å²) < 4.78 is 39.5. The third kappa shape index (κ3) is 4.88. The van der Waals surface area contributed by atoms with E-state index in [0.29, 0.717) is 41.4 Å². The Morgan fingerprint density at radius 2 is 1.64 bits per heavy atom. The number of alkyl halides is 3. The maximum absolute atomic E-state index is 13.2. The summed E-state index contributed by atoms with van der Waals surface area (Å²) >= 11 is 0. The van der Waals surface area contributed by atoms with Crippen LogP contribution in [0, 0.1) is 46.3 Å². The quantitative estimate of drug-likeness (QED) is 0.413. The SMILES string of the molecule is CC[C@H]1[C@@H]2CC[C@H]3C[C@@](C)(O)CC[C@]3(C)[C@H]2CC[C@]1(C)[C@H](C)[C@H](C)CC[C@@](C)(O)C(F)(F)F. The van der Waals surface area contributed by atoms with Crippen LogP contribution in [-0.2, 0) is 0 Å². The summed E-state index contributed by atoms with van der Waals surface area (Å²) in [6.45, 7) is 14.4. The predicted molar refractivity (Wildman–Crippen MR) is 128 cm³/mol. The lowest BCUT2D eigenvalue weighted by Gasteiger charge is -2.63. The molecule has 0 saturated heterocycles. The van der Waals surface area contributed by atoms with Crippen LogP contribution in [0.4, 0.5) is 13.2 Å². The summed E-state index contributed by atoms with van der Waals surface area (Å²) in [7, 11) is 0. The molecular weight excluding hydrogens is 425 g/mol. The van der Waals surface area contributed by atoms with E-state index in [4.69, 9.17) is 0 Å². The van der Waals surface area contributed by atoms with Gasteiger partial charge in [0.1, 0.15) is 0 Å². The van der Waals surface area contributed by atoms with Gasteiger partial charge in [-0.3, -0.25) is 0 Å². The maximum atomic E-state index is 13.2. The van der Waals surface area contributed by atoms with Gasteiger partial charge in [0.05, 0.1) is 5.60 Å². The molecule has 3 aliphatic carbocycles. The molecule has 0 aromatic rings. The highest BCUT2D eigenvalue weighted by molar-refractivity contribution is 5.08. The molecule has 0 aromatic carbocycles. The van der Waals surface area contributed by atoms with Crippen molar-refractivity contribution in [2.45, 2.75) is 130 Å². The minimum absolute atomic E-state index is 0.114. The highest BCUT2D eigenvalue weighted by atomic mass is 19.4. The molecule has 33 heavy (non-hydrogen) atoms. The van der Waals surface area contributed by atoms with E-state index in [9.17, 15) is 23.4 Å². The predicted octanol–water partition coefficient (Wildman–Crippen LogP) is 7.76. The Hall–Kier alpha value is -0.290. The Balaban J connectivity index is 1.75. The zero-order valence-corrected chi connectivity index (χ0v) is 22.1. The molecule has 10 atom stereocenters. The molecule has 2 nitrogen and oxygen atoms in total. The van der Waals surface area contributed by atoms with Crippen LogP contribution < -0.4 is 0 Å². The average molecular weight is 475 g/mol. The molecule has 3 aliphatic rings. The van der Waals surface area contributed by atoms with E-state index in [2.05, 4.69) is 34.6 Å². The van der Waals surface area contributed by atoms with Gasteiger partial charge in [0.15, 0.2) is 5.60 Å².